The van der Waals surface area contributed by atoms with Crippen molar-refractivity contribution in [3.63, 3.8) is 0 Å². The number of benzene rings is 1. The Bertz CT molecular complexity index is 757. The van der Waals surface area contributed by atoms with E-state index in [-0.39, 0.29) is 18.4 Å². The van der Waals surface area contributed by atoms with E-state index < -0.39 is 29.4 Å². The number of imide groups is 1. The number of hydrogen-bond acceptors (Lipinski definition) is 6. The predicted molar refractivity (Wildman–Crippen MR) is 104 cm³/mol. The maximum Gasteiger partial charge on any atom is 0.327 e. The van der Waals surface area contributed by atoms with Crippen LogP contribution in [-0.4, -0.2) is 53.9 Å². The van der Waals surface area contributed by atoms with Gasteiger partial charge in [0.05, 0.1) is 18.4 Å². The number of rotatable bonds is 6. The third-order valence-electron chi connectivity index (χ3n) is 5.44. The van der Waals surface area contributed by atoms with Gasteiger partial charge in [0, 0.05) is 18.1 Å². The smallest absolute Gasteiger partial charge is 0.327 e. The lowest BCUT2D eigenvalue weighted by Gasteiger charge is -2.32. The fraction of sp³-hybridized carbons (Fsp3) is 0.526. The summed E-state index contributed by atoms with van der Waals surface area (Å²) in [4.78, 5) is 40.0. The molecular weight excluding hydrogens is 388 g/mol. The van der Waals surface area contributed by atoms with E-state index in [1.54, 1.807) is 30.8 Å². The van der Waals surface area contributed by atoms with Crippen molar-refractivity contribution in [1.29, 1.82) is 0 Å². The largest absolute Gasteiger partial charge is 0.465 e. The molecule has 2 saturated heterocycles. The van der Waals surface area contributed by atoms with E-state index in [1.807, 2.05) is 18.4 Å². The summed E-state index contributed by atoms with van der Waals surface area (Å²) in [5.74, 6) is -1.83. The van der Waals surface area contributed by atoms with Crippen molar-refractivity contribution in [2.24, 2.45) is 11.8 Å². The summed E-state index contributed by atoms with van der Waals surface area (Å²) in [5.41, 5.74) is -0.396. The number of nitrogens with zero attached hydrogens (tertiary/aromatic N) is 1. The van der Waals surface area contributed by atoms with Crippen LogP contribution < -0.4 is 5.32 Å². The van der Waals surface area contributed by atoms with Crippen LogP contribution in [0, 0.1) is 11.8 Å². The van der Waals surface area contributed by atoms with Gasteiger partial charge in [-0.25, -0.2) is 0 Å². The van der Waals surface area contributed by atoms with Gasteiger partial charge in [-0.2, -0.15) is 11.8 Å². The fourth-order valence-electron chi connectivity index (χ4n) is 4.15. The molecule has 1 aromatic carbocycles. The highest BCUT2D eigenvalue weighted by Gasteiger charge is 2.67. The van der Waals surface area contributed by atoms with E-state index in [4.69, 9.17) is 16.3 Å². The number of carbonyl (C=O) groups is 3. The number of esters is 1. The Morgan fingerprint density at radius 3 is 2.56 bits per heavy atom. The summed E-state index contributed by atoms with van der Waals surface area (Å²) < 4.78 is 5.34. The Morgan fingerprint density at radius 1 is 1.30 bits per heavy atom. The number of carbonyl (C=O) groups excluding carboxylic acids is 3. The molecule has 0 aromatic heterocycles. The second-order valence-electron chi connectivity index (χ2n) is 6.85. The minimum atomic E-state index is -1.22. The normalized spacial score (nSPS) is 29.9. The van der Waals surface area contributed by atoms with E-state index in [0.29, 0.717) is 17.2 Å². The monoisotopic (exact) mass is 410 g/mol. The van der Waals surface area contributed by atoms with Crippen LogP contribution in [0.4, 0.5) is 0 Å². The van der Waals surface area contributed by atoms with Crippen molar-refractivity contribution in [3.05, 3.63) is 34.9 Å². The van der Waals surface area contributed by atoms with E-state index in [1.165, 1.54) is 7.05 Å². The summed E-state index contributed by atoms with van der Waals surface area (Å²) in [6.45, 7) is 1.94. The molecule has 2 aliphatic rings. The average molecular weight is 411 g/mol. The summed E-state index contributed by atoms with van der Waals surface area (Å²) in [5, 5.41) is 3.93. The van der Waals surface area contributed by atoms with E-state index in [0.717, 1.165) is 10.5 Å². The Hall–Kier alpha value is -1.57. The molecule has 6 nitrogen and oxygen atoms in total. The number of amides is 2. The van der Waals surface area contributed by atoms with Crippen LogP contribution in [0.3, 0.4) is 0 Å². The van der Waals surface area contributed by atoms with Gasteiger partial charge in [-0.1, -0.05) is 23.7 Å². The zero-order valence-corrected chi connectivity index (χ0v) is 17.1. The molecule has 2 heterocycles. The third-order valence-corrected chi connectivity index (χ3v) is 6.31. The zero-order valence-electron chi connectivity index (χ0n) is 15.5. The second kappa shape index (κ2) is 7.81. The first-order valence-electron chi connectivity index (χ1n) is 8.88. The predicted octanol–water partition coefficient (Wildman–Crippen LogP) is 2.27. The minimum absolute atomic E-state index is 0.211. The lowest BCUT2D eigenvalue weighted by Crippen LogP contribution is -2.56. The number of fused-ring (bicyclic) bond motifs is 1. The molecule has 0 radical (unpaired) electrons. The van der Waals surface area contributed by atoms with Crippen LogP contribution in [0.1, 0.15) is 24.9 Å². The van der Waals surface area contributed by atoms with Gasteiger partial charge in [-0.15, -0.1) is 0 Å². The van der Waals surface area contributed by atoms with Gasteiger partial charge in [0.1, 0.15) is 5.54 Å². The lowest BCUT2D eigenvalue weighted by molar-refractivity contribution is -0.156. The first-order valence-corrected chi connectivity index (χ1v) is 10.6. The Kier molecular flexibility index (Phi) is 5.84. The maximum absolute atomic E-state index is 13.0. The Labute approximate surface area is 167 Å². The van der Waals surface area contributed by atoms with Gasteiger partial charge in [0.2, 0.25) is 11.8 Å². The molecule has 0 unspecified atom stereocenters. The standard InChI is InChI=1S/C19H23ClN2O4S/c1-4-26-18(25)19(9-10-27-3)14-13(16(23)22(2)17(14)24)15(21-19)11-5-7-12(20)8-6-11/h5-8,13-15,21H,4,9-10H2,1-3H3/t13-,14-,15+,19+/m0/s1. The number of likely N-dealkylation sites (tertiary alicyclic amines) is 1. The number of thioether (sulfide) groups is 1. The van der Waals surface area contributed by atoms with Crippen molar-refractivity contribution in [2.75, 3.05) is 25.7 Å². The molecule has 2 fully saturated rings. The molecule has 8 heteroatoms. The van der Waals surface area contributed by atoms with Gasteiger partial charge >= 0.3 is 5.97 Å². The highest BCUT2D eigenvalue weighted by atomic mass is 35.5. The van der Waals surface area contributed by atoms with Gasteiger partial charge in [-0.3, -0.25) is 24.6 Å². The minimum Gasteiger partial charge on any atom is -0.465 e. The molecule has 1 aromatic rings. The first kappa shape index (κ1) is 20.2. The summed E-state index contributed by atoms with van der Waals surface area (Å²) in [7, 11) is 1.48. The van der Waals surface area contributed by atoms with Gasteiger partial charge in [0.25, 0.3) is 0 Å². The fourth-order valence-corrected chi connectivity index (χ4v) is 4.80. The number of hydrogen-bond donors (Lipinski definition) is 1. The summed E-state index contributed by atoms with van der Waals surface area (Å²) in [6.07, 6.45) is 2.35. The van der Waals surface area contributed by atoms with Crippen molar-refractivity contribution in [2.45, 2.75) is 24.9 Å². The molecule has 0 bridgehead atoms. The second-order valence-corrected chi connectivity index (χ2v) is 8.27. The molecule has 0 spiro atoms. The third kappa shape index (κ3) is 3.26. The van der Waals surface area contributed by atoms with Crippen LogP contribution in [0.5, 0.6) is 0 Å². The van der Waals surface area contributed by atoms with Gasteiger partial charge in [-0.05, 0) is 43.0 Å². The van der Waals surface area contributed by atoms with Crippen molar-refractivity contribution < 1.29 is 19.1 Å². The molecule has 3 rings (SSSR count). The quantitative estimate of drug-likeness (QED) is 0.572. The highest BCUT2D eigenvalue weighted by molar-refractivity contribution is 7.98. The lowest BCUT2D eigenvalue weighted by atomic mass is 9.78. The van der Waals surface area contributed by atoms with Crippen molar-refractivity contribution in [1.82, 2.24) is 10.2 Å². The van der Waals surface area contributed by atoms with Crippen molar-refractivity contribution >= 4 is 41.1 Å². The SMILES string of the molecule is CCOC(=O)[C@]1(CCSC)N[C@H](c2ccc(Cl)cc2)[C@H]2C(=O)N(C)C(=O)[C@H]21. The molecule has 1 N–H and O–H groups in total. The molecule has 0 aliphatic carbocycles. The van der Waals surface area contributed by atoms with E-state index in [9.17, 15) is 14.4 Å². The first-order chi connectivity index (χ1) is 12.9. The van der Waals surface area contributed by atoms with Crippen LogP contribution in [0.15, 0.2) is 24.3 Å². The van der Waals surface area contributed by atoms with Gasteiger partial charge in [0.15, 0.2) is 0 Å². The van der Waals surface area contributed by atoms with Crippen LogP contribution in [0.2, 0.25) is 5.02 Å². The Morgan fingerprint density at radius 2 is 1.96 bits per heavy atom. The van der Waals surface area contributed by atoms with Crippen molar-refractivity contribution in [3.8, 4) is 0 Å². The molecule has 146 valence electrons. The molecule has 4 atom stereocenters. The molecule has 2 amide bonds. The zero-order chi connectivity index (χ0) is 19.8. The molecule has 27 heavy (non-hydrogen) atoms. The number of ether oxygens (including phenoxy) is 1. The molecule has 2 aliphatic heterocycles. The number of halogens is 1. The van der Waals surface area contributed by atoms with Crippen LogP contribution in [0.25, 0.3) is 0 Å². The average Bonchev–Trinajstić information content (AvgIpc) is 3.11. The van der Waals surface area contributed by atoms with E-state index >= 15 is 0 Å². The van der Waals surface area contributed by atoms with E-state index in [2.05, 4.69) is 5.32 Å². The number of nitrogens with one attached hydrogen (secondary N) is 1. The highest BCUT2D eigenvalue weighted by Crippen LogP contribution is 2.50. The summed E-state index contributed by atoms with van der Waals surface area (Å²) in [6, 6.07) is 6.67. The molecule has 0 saturated carbocycles. The Balaban J connectivity index is 2.10. The van der Waals surface area contributed by atoms with Crippen LogP contribution in [-0.2, 0) is 19.1 Å². The summed E-state index contributed by atoms with van der Waals surface area (Å²) >= 11 is 7.58. The maximum atomic E-state index is 13.0. The van der Waals surface area contributed by atoms with Crippen LogP contribution >= 0.6 is 23.4 Å². The topological polar surface area (TPSA) is 75.7 Å². The van der Waals surface area contributed by atoms with Gasteiger partial charge < -0.3 is 4.74 Å². The molecular formula is C19H23ClN2O4S.